The number of hydrogen-bond donors (Lipinski definition) is 1. The minimum Gasteiger partial charge on any atom is -0.336 e. The van der Waals surface area contributed by atoms with Crippen LogP contribution in [-0.4, -0.2) is 46.0 Å². The number of aromatic nitrogens is 2. The minimum absolute atomic E-state index is 0.0765. The fourth-order valence-electron chi connectivity index (χ4n) is 5.53. The first-order chi connectivity index (χ1) is 20.2. The summed E-state index contributed by atoms with van der Waals surface area (Å²) in [5, 5.41) is 6.60. The Morgan fingerprint density at radius 1 is 1.12 bits per heavy atom. The number of hydrogen-bond acceptors (Lipinski definition) is 5. The molecule has 0 spiro atoms. The van der Waals surface area contributed by atoms with Gasteiger partial charge in [0.05, 0.1) is 28.2 Å². The van der Waals surface area contributed by atoms with Crippen molar-refractivity contribution in [3.8, 4) is 27.5 Å². The van der Waals surface area contributed by atoms with Gasteiger partial charge in [-0.2, -0.15) is 0 Å². The van der Waals surface area contributed by atoms with E-state index in [1.807, 2.05) is 60.5 Å². The maximum absolute atomic E-state index is 14.7. The van der Waals surface area contributed by atoms with Crippen molar-refractivity contribution >= 4 is 34.9 Å². The molecule has 1 amide bonds. The topological polar surface area (TPSA) is 67.2 Å². The Kier molecular flexibility index (Phi) is 9.11. The number of allylic oxidation sites excluding steroid dienone is 1. The lowest BCUT2D eigenvalue weighted by molar-refractivity contribution is 0.0708. The SMILES string of the molecule is CCc1cccc(CC)c1-n1c(C=C(C)C)c(C(=O)N2CCNC(C)C2)cc(-c2nc(-c3ccc(Cl)cc3)cs2)c1=O. The van der Waals surface area contributed by atoms with Crippen molar-refractivity contribution in [2.24, 2.45) is 0 Å². The van der Waals surface area contributed by atoms with E-state index in [0.29, 0.717) is 39.9 Å². The average Bonchev–Trinajstić information content (AvgIpc) is 3.47. The van der Waals surface area contributed by atoms with Crippen LogP contribution in [0, 0.1) is 0 Å². The highest BCUT2D eigenvalue weighted by molar-refractivity contribution is 7.13. The van der Waals surface area contributed by atoms with Crippen LogP contribution in [0.1, 0.15) is 61.8 Å². The zero-order valence-electron chi connectivity index (χ0n) is 24.8. The van der Waals surface area contributed by atoms with Gasteiger partial charge in [-0.05, 0) is 69.0 Å². The molecule has 0 radical (unpaired) electrons. The number of aryl methyl sites for hydroxylation is 2. The molecule has 4 aromatic rings. The second kappa shape index (κ2) is 12.8. The van der Waals surface area contributed by atoms with Crippen LogP contribution in [0.15, 0.2) is 64.3 Å². The number of carbonyl (C=O) groups excluding carboxylic acids is 1. The van der Waals surface area contributed by atoms with Crippen molar-refractivity contribution in [3.63, 3.8) is 0 Å². The molecule has 2 aromatic heterocycles. The molecule has 1 aliphatic rings. The first-order valence-corrected chi connectivity index (χ1v) is 15.8. The number of rotatable bonds is 7. The summed E-state index contributed by atoms with van der Waals surface area (Å²) in [7, 11) is 0. The Labute approximate surface area is 256 Å². The van der Waals surface area contributed by atoms with E-state index < -0.39 is 0 Å². The number of halogens is 1. The Morgan fingerprint density at radius 2 is 1.81 bits per heavy atom. The second-order valence-corrected chi connectivity index (χ2v) is 12.3. The average molecular weight is 601 g/mol. The van der Waals surface area contributed by atoms with E-state index in [-0.39, 0.29) is 17.5 Å². The van der Waals surface area contributed by atoms with Crippen LogP contribution in [-0.2, 0) is 12.8 Å². The van der Waals surface area contributed by atoms with E-state index in [0.717, 1.165) is 53.0 Å². The van der Waals surface area contributed by atoms with E-state index in [9.17, 15) is 9.59 Å². The summed E-state index contributed by atoms with van der Waals surface area (Å²) in [6.45, 7) is 12.2. The first-order valence-electron chi connectivity index (χ1n) is 14.5. The largest absolute Gasteiger partial charge is 0.336 e. The van der Waals surface area contributed by atoms with Gasteiger partial charge in [-0.3, -0.25) is 14.2 Å². The molecule has 1 fully saturated rings. The summed E-state index contributed by atoms with van der Waals surface area (Å²) in [5.74, 6) is -0.0765. The van der Waals surface area contributed by atoms with Crippen LogP contribution in [0.25, 0.3) is 33.6 Å². The molecule has 1 N–H and O–H groups in total. The van der Waals surface area contributed by atoms with Crippen molar-refractivity contribution in [3.05, 3.63) is 97.2 Å². The van der Waals surface area contributed by atoms with Crippen molar-refractivity contribution in [2.45, 2.75) is 53.5 Å². The highest BCUT2D eigenvalue weighted by atomic mass is 35.5. The standard InChI is InChI=1S/C34H37ClN4O2S/c1-6-23-9-8-10-24(7-2)31(23)39-30(17-21(3)4)27(33(40)38-16-15-36-22(5)19-38)18-28(34(39)41)32-37-29(20-42-32)25-11-13-26(35)14-12-25/h8-14,17-18,20,22,36H,6-7,15-16,19H2,1-5H3. The highest BCUT2D eigenvalue weighted by Gasteiger charge is 2.28. The summed E-state index contributed by atoms with van der Waals surface area (Å²) in [6.07, 6.45) is 3.48. The van der Waals surface area contributed by atoms with Crippen LogP contribution >= 0.6 is 22.9 Å². The normalized spacial score (nSPS) is 15.1. The number of carbonyl (C=O) groups is 1. The Hall–Kier alpha value is -3.52. The van der Waals surface area contributed by atoms with E-state index in [2.05, 4.69) is 38.2 Å². The van der Waals surface area contributed by atoms with Gasteiger partial charge in [-0.1, -0.05) is 61.4 Å². The van der Waals surface area contributed by atoms with Gasteiger partial charge >= 0.3 is 0 Å². The first kappa shape index (κ1) is 30.0. The molecule has 8 heteroatoms. The van der Waals surface area contributed by atoms with Gasteiger partial charge in [0.25, 0.3) is 11.5 Å². The van der Waals surface area contributed by atoms with Gasteiger partial charge in [0.1, 0.15) is 5.01 Å². The van der Waals surface area contributed by atoms with Crippen molar-refractivity contribution in [2.75, 3.05) is 19.6 Å². The lowest BCUT2D eigenvalue weighted by Gasteiger charge is -2.32. The van der Waals surface area contributed by atoms with E-state index in [1.54, 1.807) is 10.6 Å². The number of benzene rings is 2. The Bertz CT molecular complexity index is 1680. The van der Waals surface area contributed by atoms with Crippen molar-refractivity contribution < 1.29 is 4.79 Å². The van der Waals surface area contributed by atoms with E-state index in [1.165, 1.54) is 11.3 Å². The molecule has 42 heavy (non-hydrogen) atoms. The van der Waals surface area contributed by atoms with Gasteiger partial charge in [-0.15, -0.1) is 11.3 Å². The molecular weight excluding hydrogens is 564 g/mol. The second-order valence-electron chi connectivity index (χ2n) is 11.0. The number of pyridine rings is 1. The van der Waals surface area contributed by atoms with Gasteiger partial charge in [0, 0.05) is 41.6 Å². The number of nitrogens with zero attached hydrogens (tertiary/aromatic N) is 3. The van der Waals surface area contributed by atoms with Gasteiger partial charge in [-0.25, -0.2) is 4.98 Å². The lowest BCUT2D eigenvalue weighted by Crippen LogP contribution is -2.51. The number of para-hydroxylation sites is 1. The summed E-state index contributed by atoms with van der Waals surface area (Å²) in [4.78, 5) is 35.7. The number of amides is 1. The number of piperazine rings is 1. The Balaban J connectivity index is 1.82. The van der Waals surface area contributed by atoms with Crippen LogP contribution < -0.4 is 10.9 Å². The molecule has 218 valence electrons. The van der Waals surface area contributed by atoms with Crippen LogP contribution in [0.3, 0.4) is 0 Å². The summed E-state index contributed by atoms with van der Waals surface area (Å²) >= 11 is 7.52. The van der Waals surface area contributed by atoms with Crippen molar-refractivity contribution in [1.82, 2.24) is 19.8 Å². The predicted molar refractivity (Wildman–Crippen MR) is 175 cm³/mol. The third kappa shape index (κ3) is 6.00. The van der Waals surface area contributed by atoms with E-state index >= 15 is 0 Å². The molecule has 1 atom stereocenters. The summed E-state index contributed by atoms with van der Waals surface area (Å²) in [5.41, 5.74) is 7.03. The molecule has 5 rings (SSSR count). The minimum atomic E-state index is -0.180. The Morgan fingerprint density at radius 3 is 2.43 bits per heavy atom. The zero-order chi connectivity index (χ0) is 30.0. The molecule has 1 unspecified atom stereocenters. The number of thiazole rings is 1. The molecule has 0 aliphatic carbocycles. The molecule has 1 aliphatic heterocycles. The van der Waals surface area contributed by atoms with Gasteiger partial charge in [0.2, 0.25) is 0 Å². The fourth-order valence-corrected chi connectivity index (χ4v) is 6.49. The highest BCUT2D eigenvalue weighted by Crippen LogP contribution is 2.32. The summed E-state index contributed by atoms with van der Waals surface area (Å²) < 4.78 is 1.78. The van der Waals surface area contributed by atoms with Gasteiger partial charge < -0.3 is 10.2 Å². The van der Waals surface area contributed by atoms with Crippen molar-refractivity contribution in [1.29, 1.82) is 0 Å². The molecular formula is C34H37ClN4O2S. The maximum atomic E-state index is 14.7. The van der Waals surface area contributed by atoms with Crippen LogP contribution in [0.5, 0.6) is 0 Å². The van der Waals surface area contributed by atoms with Crippen LogP contribution in [0.4, 0.5) is 0 Å². The maximum Gasteiger partial charge on any atom is 0.265 e. The predicted octanol–water partition coefficient (Wildman–Crippen LogP) is 7.26. The van der Waals surface area contributed by atoms with Crippen LogP contribution in [0.2, 0.25) is 5.02 Å². The smallest absolute Gasteiger partial charge is 0.265 e. The van der Waals surface area contributed by atoms with Gasteiger partial charge in [0.15, 0.2) is 0 Å². The molecule has 0 bridgehead atoms. The third-order valence-corrected chi connectivity index (χ3v) is 8.74. The molecule has 1 saturated heterocycles. The fraction of sp³-hybridized carbons (Fsp3) is 0.324. The lowest BCUT2D eigenvalue weighted by atomic mass is 9.99. The molecule has 3 heterocycles. The molecule has 6 nitrogen and oxygen atoms in total. The monoisotopic (exact) mass is 600 g/mol. The zero-order valence-corrected chi connectivity index (χ0v) is 26.4. The quantitative estimate of drug-likeness (QED) is 0.242. The van der Waals surface area contributed by atoms with E-state index in [4.69, 9.17) is 16.6 Å². The molecule has 2 aromatic carbocycles. The summed E-state index contributed by atoms with van der Waals surface area (Å²) in [6, 6.07) is 15.6. The number of nitrogens with one attached hydrogen (secondary N) is 1. The molecule has 0 saturated carbocycles. The third-order valence-electron chi connectivity index (χ3n) is 7.61.